The fourth-order valence-corrected chi connectivity index (χ4v) is 2.55. The van der Waals surface area contributed by atoms with Crippen LogP contribution >= 0.6 is 22.6 Å². The molecule has 110 valence electrons. The highest BCUT2D eigenvalue weighted by atomic mass is 127. The Morgan fingerprint density at radius 2 is 1.81 bits per heavy atom. The summed E-state index contributed by atoms with van der Waals surface area (Å²) in [7, 11) is 3.18. The third kappa shape index (κ3) is 3.87. The molecule has 0 bridgehead atoms. The lowest BCUT2D eigenvalue weighted by Gasteiger charge is -2.11. The van der Waals surface area contributed by atoms with Gasteiger partial charge in [0.15, 0.2) is 11.5 Å². The van der Waals surface area contributed by atoms with Crippen molar-refractivity contribution in [1.82, 2.24) is 5.32 Å². The Balaban J connectivity index is 2.06. The van der Waals surface area contributed by atoms with Crippen LogP contribution in [0.1, 0.15) is 15.9 Å². The normalized spacial score (nSPS) is 10.0. The van der Waals surface area contributed by atoms with Crippen molar-refractivity contribution in [3.8, 4) is 11.5 Å². The molecule has 0 aliphatic heterocycles. The molecule has 21 heavy (non-hydrogen) atoms. The molecule has 2 aromatic carbocycles. The third-order valence-electron chi connectivity index (χ3n) is 3.02. The molecule has 0 aliphatic rings. The summed E-state index contributed by atoms with van der Waals surface area (Å²) in [6, 6.07) is 13.1. The Morgan fingerprint density at radius 1 is 1.10 bits per heavy atom. The zero-order valence-corrected chi connectivity index (χ0v) is 14.0. The van der Waals surface area contributed by atoms with Crippen molar-refractivity contribution < 1.29 is 14.3 Å². The van der Waals surface area contributed by atoms with Crippen LogP contribution in [0.25, 0.3) is 0 Å². The first kappa shape index (κ1) is 15.6. The summed E-state index contributed by atoms with van der Waals surface area (Å²) in [5, 5.41) is 2.90. The molecule has 1 amide bonds. The zero-order chi connectivity index (χ0) is 15.2. The first-order valence-corrected chi connectivity index (χ1v) is 7.47. The number of methoxy groups -OCH3 is 2. The molecule has 0 spiro atoms. The number of hydrogen-bond acceptors (Lipinski definition) is 3. The molecule has 0 atom stereocenters. The second kappa shape index (κ2) is 7.31. The number of hydrogen-bond donors (Lipinski definition) is 1. The molecule has 0 saturated heterocycles. The summed E-state index contributed by atoms with van der Waals surface area (Å²) in [4.78, 5) is 12.1. The van der Waals surface area contributed by atoms with E-state index in [1.165, 1.54) is 0 Å². The number of nitrogens with one attached hydrogen (secondary N) is 1. The van der Waals surface area contributed by atoms with Gasteiger partial charge in [-0.3, -0.25) is 4.79 Å². The second-order valence-electron chi connectivity index (χ2n) is 4.35. The lowest BCUT2D eigenvalue weighted by Crippen LogP contribution is -2.23. The average molecular weight is 397 g/mol. The van der Waals surface area contributed by atoms with Gasteiger partial charge >= 0.3 is 0 Å². The molecule has 0 heterocycles. The van der Waals surface area contributed by atoms with Gasteiger partial charge in [-0.1, -0.05) is 18.2 Å². The molecule has 2 aromatic rings. The number of benzene rings is 2. The standard InChI is InChI=1S/C16H16INO3/c1-20-14-8-7-11(9-15(14)21-2)10-18-16(19)12-5-3-4-6-13(12)17/h3-9H,10H2,1-2H3,(H,18,19). The molecule has 0 aromatic heterocycles. The van der Waals surface area contributed by atoms with Crippen LogP contribution in [0.4, 0.5) is 0 Å². The van der Waals surface area contributed by atoms with Crippen molar-refractivity contribution in [1.29, 1.82) is 0 Å². The Kier molecular flexibility index (Phi) is 5.44. The van der Waals surface area contributed by atoms with Gasteiger partial charge in [0, 0.05) is 10.1 Å². The summed E-state index contributed by atoms with van der Waals surface area (Å²) >= 11 is 2.15. The first-order valence-electron chi connectivity index (χ1n) is 6.39. The van der Waals surface area contributed by atoms with Crippen molar-refractivity contribution >= 4 is 28.5 Å². The lowest BCUT2D eigenvalue weighted by molar-refractivity contribution is 0.0950. The predicted octanol–water partition coefficient (Wildman–Crippen LogP) is 3.24. The average Bonchev–Trinajstić information content (AvgIpc) is 2.52. The fraction of sp³-hybridized carbons (Fsp3) is 0.188. The number of halogens is 1. The van der Waals surface area contributed by atoms with E-state index in [9.17, 15) is 4.79 Å². The summed E-state index contributed by atoms with van der Waals surface area (Å²) in [5.74, 6) is 1.23. The van der Waals surface area contributed by atoms with Gasteiger partial charge in [-0.2, -0.15) is 0 Å². The molecule has 0 unspecified atom stereocenters. The largest absolute Gasteiger partial charge is 0.493 e. The van der Waals surface area contributed by atoms with Crippen LogP contribution in [-0.4, -0.2) is 20.1 Å². The Hall–Kier alpha value is -1.76. The molecular formula is C16H16INO3. The smallest absolute Gasteiger partial charge is 0.252 e. The maximum atomic E-state index is 12.1. The summed E-state index contributed by atoms with van der Waals surface area (Å²) in [6.45, 7) is 0.435. The van der Waals surface area contributed by atoms with Crippen LogP contribution in [0.5, 0.6) is 11.5 Å². The second-order valence-corrected chi connectivity index (χ2v) is 5.51. The molecule has 2 rings (SSSR count). The maximum Gasteiger partial charge on any atom is 0.252 e. The van der Waals surface area contributed by atoms with E-state index in [2.05, 4.69) is 27.9 Å². The van der Waals surface area contributed by atoms with Gasteiger partial charge in [-0.25, -0.2) is 0 Å². The topological polar surface area (TPSA) is 47.6 Å². The Bertz CT molecular complexity index is 643. The lowest BCUT2D eigenvalue weighted by atomic mass is 10.1. The zero-order valence-electron chi connectivity index (χ0n) is 11.9. The molecule has 0 radical (unpaired) electrons. The first-order chi connectivity index (χ1) is 10.2. The molecule has 4 nitrogen and oxygen atoms in total. The van der Waals surface area contributed by atoms with Crippen molar-refractivity contribution in [3.05, 3.63) is 57.2 Å². The maximum absolute atomic E-state index is 12.1. The van der Waals surface area contributed by atoms with Crippen molar-refractivity contribution in [2.45, 2.75) is 6.54 Å². The number of carbonyl (C=O) groups is 1. The van der Waals surface area contributed by atoms with Gasteiger partial charge in [0.1, 0.15) is 0 Å². The van der Waals surface area contributed by atoms with E-state index in [0.717, 1.165) is 9.13 Å². The van der Waals surface area contributed by atoms with E-state index in [-0.39, 0.29) is 5.91 Å². The molecule has 0 aliphatic carbocycles. The number of ether oxygens (including phenoxy) is 2. The van der Waals surface area contributed by atoms with Gasteiger partial charge in [0.25, 0.3) is 5.91 Å². The minimum Gasteiger partial charge on any atom is -0.493 e. The number of amides is 1. The van der Waals surface area contributed by atoms with Gasteiger partial charge in [-0.05, 0) is 52.4 Å². The SMILES string of the molecule is COc1ccc(CNC(=O)c2ccccc2I)cc1OC. The van der Waals surface area contributed by atoms with Crippen LogP contribution in [0.2, 0.25) is 0 Å². The van der Waals surface area contributed by atoms with Gasteiger partial charge < -0.3 is 14.8 Å². The quantitative estimate of drug-likeness (QED) is 0.789. The van der Waals surface area contributed by atoms with Crippen LogP contribution in [0, 0.1) is 3.57 Å². The van der Waals surface area contributed by atoms with Gasteiger partial charge in [0.2, 0.25) is 0 Å². The molecule has 0 saturated carbocycles. The number of carbonyl (C=O) groups excluding carboxylic acids is 1. The van der Waals surface area contributed by atoms with Crippen molar-refractivity contribution in [2.75, 3.05) is 14.2 Å². The highest BCUT2D eigenvalue weighted by Crippen LogP contribution is 2.27. The van der Waals surface area contributed by atoms with Gasteiger partial charge in [0.05, 0.1) is 19.8 Å². The van der Waals surface area contributed by atoms with E-state index in [4.69, 9.17) is 9.47 Å². The summed E-state index contributed by atoms with van der Waals surface area (Å²) < 4.78 is 11.4. The van der Waals surface area contributed by atoms with E-state index in [1.807, 2.05) is 42.5 Å². The Labute approximate surface area is 137 Å². The van der Waals surface area contributed by atoms with Crippen LogP contribution in [0.3, 0.4) is 0 Å². The van der Waals surface area contributed by atoms with Crippen LogP contribution < -0.4 is 14.8 Å². The van der Waals surface area contributed by atoms with Crippen molar-refractivity contribution in [2.24, 2.45) is 0 Å². The monoisotopic (exact) mass is 397 g/mol. The number of rotatable bonds is 5. The van der Waals surface area contributed by atoms with Crippen LogP contribution in [0.15, 0.2) is 42.5 Å². The fourth-order valence-electron chi connectivity index (χ4n) is 1.91. The highest BCUT2D eigenvalue weighted by molar-refractivity contribution is 14.1. The van der Waals surface area contributed by atoms with E-state index in [1.54, 1.807) is 14.2 Å². The summed E-state index contributed by atoms with van der Waals surface area (Å²) in [6.07, 6.45) is 0. The molecule has 5 heteroatoms. The van der Waals surface area contributed by atoms with E-state index >= 15 is 0 Å². The third-order valence-corrected chi connectivity index (χ3v) is 3.96. The molecule has 0 fully saturated rings. The van der Waals surface area contributed by atoms with Crippen LogP contribution in [-0.2, 0) is 6.54 Å². The predicted molar refractivity (Wildman–Crippen MR) is 89.9 cm³/mol. The van der Waals surface area contributed by atoms with E-state index in [0.29, 0.717) is 23.6 Å². The van der Waals surface area contributed by atoms with Crippen molar-refractivity contribution in [3.63, 3.8) is 0 Å². The minimum absolute atomic E-state index is 0.0882. The summed E-state index contributed by atoms with van der Waals surface area (Å²) in [5.41, 5.74) is 1.63. The highest BCUT2D eigenvalue weighted by Gasteiger charge is 2.09. The molecule has 1 N–H and O–H groups in total. The molecular weight excluding hydrogens is 381 g/mol. The van der Waals surface area contributed by atoms with E-state index < -0.39 is 0 Å². The van der Waals surface area contributed by atoms with Gasteiger partial charge in [-0.15, -0.1) is 0 Å². The minimum atomic E-state index is -0.0882. The Morgan fingerprint density at radius 3 is 2.48 bits per heavy atom.